The average Bonchev–Trinajstić information content (AvgIpc) is 3.76. The van der Waals surface area contributed by atoms with E-state index in [4.69, 9.17) is 9.39 Å². The van der Waals surface area contributed by atoms with Gasteiger partial charge in [0.2, 0.25) is 5.91 Å². The fourth-order valence-electron chi connectivity index (χ4n) is 5.41. The number of nitrogens with one attached hydrogen (secondary N) is 3. The molecule has 6 rings (SSSR count). The molecule has 3 N–H and O–H groups in total. The second-order valence-electron chi connectivity index (χ2n) is 11.4. The second kappa shape index (κ2) is 16.1. The summed E-state index contributed by atoms with van der Waals surface area (Å²) < 4.78 is 11.0. The van der Waals surface area contributed by atoms with Gasteiger partial charge in [-0.1, -0.05) is 96.1 Å². The van der Waals surface area contributed by atoms with E-state index in [1.54, 1.807) is 4.80 Å². The van der Waals surface area contributed by atoms with Crippen LogP contribution in [0.25, 0.3) is 10.9 Å². The van der Waals surface area contributed by atoms with E-state index in [0.717, 1.165) is 38.9 Å². The van der Waals surface area contributed by atoms with Crippen LogP contribution in [-0.2, 0) is 35.4 Å². The third-order valence-corrected chi connectivity index (χ3v) is 7.86. The van der Waals surface area contributed by atoms with E-state index in [0.29, 0.717) is 38.5 Å². The van der Waals surface area contributed by atoms with Crippen molar-refractivity contribution < 1.29 is 14.2 Å². The zero-order valence-corrected chi connectivity index (χ0v) is 26.7. The third-order valence-electron chi connectivity index (χ3n) is 7.86. The quantitative estimate of drug-likeness (QED) is 0.0824. The fraction of sp³-hybridized carbons (Fsp3) is 0.194. The summed E-state index contributed by atoms with van der Waals surface area (Å²) in [6, 6.07) is 34.8. The number of anilines is 1. The number of fused-ring (bicyclic) bond motifs is 1. The Hall–Kier alpha value is -5.91. The molecule has 0 aliphatic heterocycles. The lowest BCUT2D eigenvalue weighted by atomic mass is 10.0. The van der Waals surface area contributed by atoms with Gasteiger partial charge in [-0.2, -0.15) is 4.80 Å². The lowest BCUT2D eigenvalue weighted by Gasteiger charge is -2.21. The number of carbonyl (C=O) groups excluding carboxylic acids is 1. The molecule has 1 amide bonds. The maximum Gasteiger partial charge on any atom is 0.323 e. The molecule has 12 heteroatoms. The van der Waals surface area contributed by atoms with Crippen LogP contribution >= 0.6 is 0 Å². The van der Waals surface area contributed by atoms with Crippen molar-refractivity contribution >= 4 is 37.2 Å². The van der Waals surface area contributed by atoms with Crippen molar-refractivity contribution in [3.63, 3.8) is 0 Å². The van der Waals surface area contributed by atoms with Crippen LogP contribution < -0.4 is 15.4 Å². The van der Waals surface area contributed by atoms with E-state index in [-0.39, 0.29) is 11.9 Å². The number of ether oxygens (including phenoxy) is 1. The smallest absolute Gasteiger partial charge is 0.323 e. The van der Waals surface area contributed by atoms with Crippen molar-refractivity contribution in [1.29, 1.82) is 0 Å². The molecule has 6 aromatic rings. The summed E-state index contributed by atoms with van der Waals surface area (Å²) in [6.45, 7) is 1.36. The minimum atomic E-state index is -0.712. The van der Waals surface area contributed by atoms with E-state index in [1.165, 1.54) is 14.4 Å². The average molecular weight is 641 g/mol. The molecule has 0 aliphatic carbocycles. The van der Waals surface area contributed by atoms with Crippen molar-refractivity contribution in [1.82, 2.24) is 30.5 Å². The molecule has 2 heterocycles. The number of aliphatic imine (C=N–C) groups is 1. The first-order valence-corrected chi connectivity index (χ1v) is 15.8. The number of hydrogen-bond donors (Lipinski definition) is 3. The number of hydrogen-bond acceptors (Lipinski definition) is 8. The molecule has 2 aromatic heterocycles. The number of aromatic amines is 1. The van der Waals surface area contributed by atoms with Gasteiger partial charge in [-0.3, -0.25) is 4.79 Å². The Morgan fingerprint density at radius 2 is 1.62 bits per heavy atom. The molecule has 0 fully saturated rings. The number of para-hydroxylation sites is 1. The zero-order valence-electron chi connectivity index (χ0n) is 26.7. The molecule has 0 radical (unpaired) electrons. The Kier molecular flexibility index (Phi) is 10.7. The number of tetrazole rings is 1. The summed E-state index contributed by atoms with van der Waals surface area (Å²) in [5, 5.41) is 20.5. The predicted molar refractivity (Wildman–Crippen MR) is 189 cm³/mol. The van der Waals surface area contributed by atoms with Crippen LogP contribution in [0, 0.1) is 0 Å². The molecule has 0 spiro atoms. The summed E-state index contributed by atoms with van der Waals surface area (Å²) in [5.74, 6) is 0.913. The molecule has 0 saturated heterocycles. The predicted octanol–water partition coefficient (Wildman–Crippen LogP) is 4.13. The minimum absolute atomic E-state index is 0.222. The van der Waals surface area contributed by atoms with Crippen LogP contribution in [0.3, 0.4) is 0 Å². The maximum absolute atomic E-state index is 13.8. The van der Waals surface area contributed by atoms with Crippen LogP contribution in [0.5, 0.6) is 5.75 Å². The van der Waals surface area contributed by atoms with E-state index in [9.17, 15) is 4.79 Å². The van der Waals surface area contributed by atoms with E-state index in [2.05, 4.69) is 42.1 Å². The van der Waals surface area contributed by atoms with Crippen LogP contribution in [0.2, 0.25) is 0 Å². The molecule has 242 valence electrons. The van der Waals surface area contributed by atoms with Gasteiger partial charge in [0.1, 0.15) is 18.4 Å². The van der Waals surface area contributed by atoms with Gasteiger partial charge in [0.15, 0.2) is 6.40 Å². The SMILES string of the molecule is BOC=N[C@@H](Cc1ccc(OCc2ccccc2)cc1)C(=O)N[C@H](CNc1nnn(Cc2ccccc2)n1)Cc1c[nH]c2ccccc12. The number of carbonyl (C=O) groups is 1. The minimum Gasteiger partial charge on any atom is -0.560 e. The van der Waals surface area contributed by atoms with E-state index in [1.807, 2.05) is 109 Å². The van der Waals surface area contributed by atoms with Crippen molar-refractivity contribution in [2.75, 3.05) is 11.9 Å². The van der Waals surface area contributed by atoms with Gasteiger partial charge in [-0.05, 0) is 52.1 Å². The number of H-pyrrole nitrogens is 1. The highest BCUT2D eigenvalue weighted by Gasteiger charge is 2.23. The Bertz CT molecular complexity index is 1910. The highest BCUT2D eigenvalue weighted by atomic mass is 16.5. The van der Waals surface area contributed by atoms with Crippen LogP contribution in [0.1, 0.15) is 22.3 Å². The van der Waals surface area contributed by atoms with E-state index >= 15 is 0 Å². The third kappa shape index (κ3) is 8.88. The van der Waals surface area contributed by atoms with Gasteiger partial charge in [-0.15, -0.1) is 5.10 Å². The number of benzene rings is 4. The largest absolute Gasteiger partial charge is 0.560 e. The fourth-order valence-corrected chi connectivity index (χ4v) is 5.41. The molecule has 11 nitrogen and oxygen atoms in total. The van der Waals surface area contributed by atoms with Gasteiger partial charge in [0.25, 0.3) is 5.95 Å². The van der Waals surface area contributed by atoms with Crippen molar-refractivity contribution in [3.05, 3.63) is 138 Å². The number of rotatable bonds is 16. The molecule has 2 atom stereocenters. The summed E-state index contributed by atoms with van der Waals surface area (Å²) in [6.07, 6.45) is 4.24. The summed E-state index contributed by atoms with van der Waals surface area (Å²) in [7, 11) is 1.51. The first kappa shape index (κ1) is 32.1. The number of nitrogens with zero attached hydrogens (tertiary/aromatic N) is 5. The molecule has 0 bridgehead atoms. The Balaban J connectivity index is 1.13. The topological polar surface area (TPSA) is 131 Å². The van der Waals surface area contributed by atoms with Gasteiger partial charge < -0.3 is 25.0 Å². The van der Waals surface area contributed by atoms with Crippen LogP contribution in [-0.4, -0.2) is 64.2 Å². The van der Waals surface area contributed by atoms with Gasteiger partial charge >= 0.3 is 8.05 Å². The Morgan fingerprint density at radius 3 is 2.40 bits per heavy atom. The normalized spacial score (nSPS) is 12.5. The van der Waals surface area contributed by atoms with Crippen molar-refractivity contribution in [2.24, 2.45) is 4.99 Å². The first-order chi connectivity index (χ1) is 23.6. The lowest BCUT2D eigenvalue weighted by molar-refractivity contribution is -0.122. The maximum atomic E-state index is 13.8. The molecule has 0 aliphatic rings. The molecular weight excluding hydrogens is 603 g/mol. The standard InChI is InChI=1S/C36H37BN8O3/c37-48-25-40-34(19-26-15-17-31(18-16-26)47-24-28-11-5-2-6-12-28)35(46)41-30(20-29-21-38-33-14-8-7-13-32(29)33)22-39-36-42-44-45(43-36)23-27-9-3-1-4-10-27/h1-18,21,25,30,34,38H,19-20,22-24,37H2,(H,39,43)(H,41,46)/t30-,34-/m0/s1. The number of aromatic nitrogens is 5. The van der Waals surface area contributed by atoms with Gasteiger partial charge in [-0.25, -0.2) is 4.99 Å². The monoisotopic (exact) mass is 640 g/mol. The molecule has 0 unspecified atom stereocenters. The van der Waals surface area contributed by atoms with Gasteiger partial charge in [0, 0.05) is 30.1 Å². The van der Waals surface area contributed by atoms with Crippen molar-refractivity contribution in [2.45, 2.75) is 38.1 Å². The zero-order chi connectivity index (χ0) is 33.0. The first-order valence-electron chi connectivity index (χ1n) is 15.8. The van der Waals surface area contributed by atoms with E-state index < -0.39 is 6.04 Å². The molecular formula is C36H37BN8O3. The second-order valence-corrected chi connectivity index (χ2v) is 11.4. The summed E-state index contributed by atoms with van der Waals surface area (Å²) >= 11 is 0. The Labute approximate surface area is 279 Å². The molecule has 0 saturated carbocycles. The highest BCUT2D eigenvalue weighted by Crippen LogP contribution is 2.20. The summed E-state index contributed by atoms with van der Waals surface area (Å²) in [5.41, 5.74) is 5.23. The van der Waals surface area contributed by atoms with Crippen molar-refractivity contribution in [3.8, 4) is 5.75 Å². The number of amides is 1. The molecule has 48 heavy (non-hydrogen) atoms. The summed E-state index contributed by atoms with van der Waals surface area (Å²) in [4.78, 5) is 23.1. The van der Waals surface area contributed by atoms with Gasteiger partial charge in [0.05, 0.1) is 12.6 Å². The highest BCUT2D eigenvalue weighted by molar-refractivity contribution is 6.02. The lowest BCUT2D eigenvalue weighted by Crippen LogP contribution is -2.46. The molecule has 4 aromatic carbocycles. The Morgan fingerprint density at radius 1 is 0.896 bits per heavy atom. The van der Waals surface area contributed by atoms with Crippen LogP contribution in [0.4, 0.5) is 5.95 Å². The van der Waals surface area contributed by atoms with Crippen LogP contribution in [0.15, 0.2) is 120 Å².